The monoisotopic (exact) mass is 303 g/mol. The predicted octanol–water partition coefficient (Wildman–Crippen LogP) is 2.90. The minimum Gasteiger partial charge on any atom is -0.364 e. The Kier molecular flexibility index (Phi) is 4.44. The second kappa shape index (κ2) is 6.13. The molecule has 0 saturated carbocycles. The van der Waals surface area contributed by atoms with Gasteiger partial charge >= 0.3 is 5.69 Å². The normalized spacial score (nSPS) is 11.5. The number of aryl methyl sites for hydroxylation is 2. The molecular formula is C15H21N5O2. The van der Waals surface area contributed by atoms with Crippen molar-refractivity contribution in [3.8, 4) is 0 Å². The minimum atomic E-state index is -0.379. The first-order valence-corrected chi connectivity index (χ1v) is 7.23. The number of nitrogens with zero attached hydrogens (tertiary/aromatic N) is 4. The van der Waals surface area contributed by atoms with Gasteiger partial charge in [-0.05, 0) is 31.5 Å². The number of anilines is 1. The Morgan fingerprint density at radius 2 is 2.00 bits per heavy atom. The van der Waals surface area contributed by atoms with Crippen LogP contribution in [-0.4, -0.2) is 26.2 Å². The van der Waals surface area contributed by atoms with Crippen LogP contribution in [0.1, 0.15) is 32.0 Å². The average molecular weight is 303 g/mol. The van der Waals surface area contributed by atoms with Gasteiger partial charge in [0.2, 0.25) is 5.82 Å². The van der Waals surface area contributed by atoms with E-state index in [-0.39, 0.29) is 16.0 Å². The molecular weight excluding hydrogens is 282 g/mol. The third kappa shape index (κ3) is 3.08. The van der Waals surface area contributed by atoms with Crippen LogP contribution in [0.3, 0.4) is 0 Å². The summed E-state index contributed by atoms with van der Waals surface area (Å²) < 4.78 is 1.64. The molecule has 2 heterocycles. The summed E-state index contributed by atoms with van der Waals surface area (Å²) >= 11 is 0. The highest BCUT2D eigenvalue weighted by molar-refractivity contribution is 5.59. The van der Waals surface area contributed by atoms with Gasteiger partial charge in [0.25, 0.3) is 0 Å². The van der Waals surface area contributed by atoms with Crippen LogP contribution >= 0.6 is 0 Å². The summed E-state index contributed by atoms with van der Waals surface area (Å²) in [5, 5.41) is 18.7. The Bertz CT molecular complexity index is 664. The van der Waals surface area contributed by atoms with Crippen molar-refractivity contribution in [1.29, 1.82) is 0 Å². The molecule has 7 nitrogen and oxygen atoms in total. The van der Waals surface area contributed by atoms with Crippen LogP contribution in [0.25, 0.3) is 0 Å². The summed E-state index contributed by atoms with van der Waals surface area (Å²) in [5.41, 5.74) is 1.41. The van der Waals surface area contributed by atoms with E-state index in [2.05, 4.69) is 29.2 Å². The van der Waals surface area contributed by atoms with E-state index in [1.165, 1.54) is 0 Å². The van der Waals surface area contributed by atoms with Crippen molar-refractivity contribution in [2.45, 2.75) is 39.7 Å². The number of rotatable bonds is 6. The summed E-state index contributed by atoms with van der Waals surface area (Å²) in [6, 6.07) is 3.91. The quantitative estimate of drug-likeness (QED) is 0.655. The summed E-state index contributed by atoms with van der Waals surface area (Å²) in [4.78, 5) is 14.9. The maximum Gasteiger partial charge on any atom is 0.333 e. The number of aromatic nitrogens is 3. The largest absolute Gasteiger partial charge is 0.364 e. The minimum absolute atomic E-state index is 0.0485. The Morgan fingerprint density at radius 3 is 2.55 bits per heavy atom. The van der Waals surface area contributed by atoms with Gasteiger partial charge in [-0.25, -0.2) is 4.68 Å². The van der Waals surface area contributed by atoms with Gasteiger partial charge in [-0.1, -0.05) is 13.8 Å². The lowest BCUT2D eigenvalue weighted by molar-refractivity contribution is -0.384. The maximum absolute atomic E-state index is 11.3. The van der Waals surface area contributed by atoms with Crippen LogP contribution in [0.4, 0.5) is 11.5 Å². The lowest BCUT2D eigenvalue weighted by atomic mass is 9.85. The summed E-state index contributed by atoms with van der Waals surface area (Å²) in [7, 11) is 0. The SMILES string of the molecule is CCn1nc(C)c([N+](=O)[O-])c1NCC(C)(C)c1ccncc1. The van der Waals surface area contributed by atoms with Gasteiger partial charge in [0.05, 0.1) is 4.92 Å². The highest BCUT2D eigenvalue weighted by Gasteiger charge is 2.27. The Balaban J connectivity index is 2.26. The zero-order valence-electron chi connectivity index (χ0n) is 13.3. The fourth-order valence-electron chi connectivity index (χ4n) is 2.40. The van der Waals surface area contributed by atoms with E-state index >= 15 is 0 Å². The van der Waals surface area contributed by atoms with Gasteiger partial charge in [-0.3, -0.25) is 15.1 Å². The summed E-state index contributed by atoms with van der Waals surface area (Å²) in [6.07, 6.45) is 3.50. The molecule has 0 atom stereocenters. The van der Waals surface area contributed by atoms with E-state index in [4.69, 9.17) is 0 Å². The molecule has 2 aromatic heterocycles. The lowest BCUT2D eigenvalue weighted by Crippen LogP contribution is -2.28. The van der Waals surface area contributed by atoms with Gasteiger partial charge in [0.15, 0.2) is 0 Å². The molecule has 7 heteroatoms. The van der Waals surface area contributed by atoms with E-state index < -0.39 is 0 Å². The fourth-order valence-corrected chi connectivity index (χ4v) is 2.40. The van der Waals surface area contributed by atoms with E-state index in [9.17, 15) is 10.1 Å². The third-order valence-electron chi connectivity index (χ3n) is 3.74. The highest BCUT2D eigenvalue weighted by Crippen LogP contribution is 2.30. The van der Waals surface area contributed by atoms with E-state index in [0.717, 1.165) is 5.56 Å². The van der Waals surface area contributed by atoms with Crippen molar-refractivity contribution in [2.24, 2.45) is 0 Å². The molecule has 0 amide bonds. The molecule has 22 heavy (non-hydrogen) atoms. The van der Waals surface area contributed by atoms with Crippen LogP contribution in [-0.2, 0) is 12.0 Å². The molecule has 0 aliphatic carbocycles. The Labute approximate surface area is 129 Å². The van der Waals surface area contributed by atoms with Gasteiger partial charge in [-0.2, -0.15) is 5.10 Å². The van der Waals surface area contributed by atoms with Crippen LogP contribution in [0, 0.1) is 17.0 Å². The van der Waals surface area contributed by atoms with Gasteiger partial charge < -0.3 is 5.32 Å². The number of nitrogens with one attached hydrogen (secondary N) is 1. The van der Waals surface area contributed by atoms with Crippen molar-refractivity contribution in [2.75, 3.05) is 11.9 Å². The van der Waals surface area contributed by atoms with Crippen molar-refractivity contribution in [3.05, 3.63) is 45.9 Å². The predicted molar refractivity (Wildman–Crippen MR) is 85.0 cm³/mol. The second-order valence-electron chi connectivity index (χ2n) is 5.83. The van der Waals surface area contributed by atoms with Crippen LogP contribution < -0.4 is 5.32 Å². The van der Waals surface area contributed by atoms with Crippen LogP contribution in [0.15, 0.2) is 24.5 Å². The van der Waals surface area contributed by atoms with Crippen molar-refractivity contribution >= 4 is 11.5 Å². The Hall–Kier alpha value is -2.44. The molecule has 118 valence electrons. The number of nitro groups is 1. The Morgan fingerprint density at radius 1 is 1.36 bits per heavy atom. The van der Waals surface area contributed by atoms with E-state index in [0.29, 0.717) is 24.6 Å². The second-order valence-corrected chi connectivity index (χ2v) is 5.83. The average Bonchev–Trinajstić information content (AvgIpc) is 2.82. The maximum atomic E-state index is 11.3. The van der Waals surface area contributed by atoms with Crippen LogP contribution in [0.5, 0.6) is 0 Å². The molecule has 0 radical (unpaired) electrons. The first-order valence-electron chi connectivity index (χ1n) is 7.23. The molecule has 0 aliphatic rings. The van der Waals surface area contributed by atoms with Crippen molar-refractivity contribution < 1.29 is 4.92 Å². The molecule has 0 fully saturated rings. The molecule has 2 aromatic rings. The molecule has 0 aliphatic heterocycles. The zero-order valence-corrected chi connectivity index (χ0v) is 13.3. The standard InChI is InChI=1S/C15H21N5O2/c1-5-19-14(13(20(21)22)11(2)18-19)17-10-15(3,4)12-6-8-16-9-7-12/h6-9,17H,5,10H2,1-4H3. The highest BCUT2D eigenvalue weighted by atomic mass is 16.6. The molecule has 2 rings (SSSR count). The first kappa shape index (κ1) is 15.9. The van der Waals surface area contributed by atoms with Crippen molar-refractivity contribution in [1.82, 2.24) is 14.8 Å². The molecule has 0 spiro atoms. The fraction of sp³-hybridized carbons (Fsp3) is 0.467. The molecule has 0 bridgehead atoms. The topological polar surface area (TPSA) is 85.9 Å². The van der Waals surface area contributed by atoms with E-state index in [1.54, 1.807) is 24.0 Å². The third-order valence-corrected chi connectivity index (χ3v) is 3.74. The van der Waals surface area contributed by atoms with Gasteiger partial charge in [0, 0.05) is 30.9 Å². The number of pyridine rings is 1. The van der Waals surface area contributed by atoms with Crippen LogP contribution in [0.2, 0.25) is 0 Å². The molecule has 0 saturated heterocycles. The van der Waals surface area contributed by atoms with Gasteiger partial charge in [0.1, 0.15) is 5.69 Å². The summed E-state index contributed by atoms with van der Waals surface area (Å²) in [6.45, 7) is 8.87. The molecule has 0 unspecified atom stereocenters. The zero-order chi connectivity index (χ0) is 16.3. The first-order chi connectivity index (χ1) is 10.4. The lowest BCUT2D eigenvalue weighted by Gasteiger charge is -2.25. The number of hydrogen-bond acceptors (Lipinski definition) is 5. The molecule has 0 aromatic carbocycles. The molecule has 1 N–H and O–H groups in total. The number of hydrogen-bond donors (Lipinski definition) is 1. The van der Waals surface area contributed by atoms with Gasteiger partial charge in [-0.15, -0.1) is 0 Å². The van der Waals surface area contributed by atoms with E-state index in [1.807, 2.05) is 19.1 Å². The smallest absolute Gasteiger partial charge is 0.333 e. The summed E-state index contributed by atoms with van der Waals surface area (Å²) in [5.74, 6) is 0.465. The van der Waals surface area contributed by atoms with Crippen molar-refractivity contribution in [3.63, 3.8) is 0 Å².